The van der Waals surface area contributed by atoms with Gasteiger partial charge in [0.2, 0.25) is 5.92 Å². The summed E-state index contributed by atoms with van der Waals surface area (Å²) in [6, 6.07) is 9.96. The number of nitrogens with zero attached hydrogens (tertiary/aromatic N) is 1. The molecular formula is C21H18ClF2N3O2. The third-order valence-corrected chi connectivity index (χ3v) is 5.87. The number of hydrogen-bond acceptors (Lipinski definition) is 3. The van der Waals surface area contributed by atoms with E-state index in [2.05, 4.69) is 9.97 Å². The molecule has 1 aromatic carbocycles. The summed E-state index contributed by atoms with van der Waals surface area (Å²) in [6.45, 7) is 0. The maximum atomic E-state index is 14.3. The Kier molecular flexibility index (Phi) is 4.86. The van der Waals surface area contributed by atoms with Crippen LogP contribution in [0, 0.1) is 0 Å². The first-order valence-electron chi connectivity index (χ1n) is 9.21. The zero-order valence-corrected chi connectivity index (χ0v) is 16.0. The Balaban J connectivity index is 1.87. The first-order chi connectivity index (χ1) is 13.8. The third kappa shape index (κ3) is 3.62. The van der Waals surface area contributed by atoms with Crippen molar-refractivity contribution in [1.82, 2.24) is 9.97 Å². The number of H-pyrrole nitrogens is 1. The number of rotatable bonds is 3. The number of aromatic amines is 1. The van der Waals surface area contributed by atoms with Gasteiger partial charge in [0.25, 0.3) is 5.91 Å². The summed E-state index contributed by atoms with van der Waals surface area (Å²) in [5.74, 6) is -4.58. The van der Waals surface area contributed by atoms with Gasteiger partial charge >= 0.3 is 0 Å². The smallest absolute Gasteiger partial charge is 0.268 e. The number of aromatic nitrogens is 2. The number of primary amides is 1. The third-order valence-electron chi connectivity index (χ3n) is 5.53. The van der Waals surface area contributed by atoms with E-state index in [1.807, 2.05) is 12.1 Å². The Morgan fingerprint density at radius 1 is 1.24 bits per heavy atom. The SMILES string of the molecule is NC(=O)c1nccc2[nH]c([C@@H]3CC(F)(F)CC[C@H]3c3ccccc3Cl)cc(=O)c12. The van der Waals surface area contributed by atoms with E-state index in [4.69, 9.17) is 17.3 Å². The molecule has 0 saturated heterocycles. The molecule has 1 aliphatic rings. The van der Waals surface area contributed by atoms with Crippen molar-refractivity contribution >= 4 is 28.4 Å². The average molecular weight is 418 g/mol. The fourth-order valence-corrected chi connectivity index (χ4v) is 4.49. The summed E-state index contributed by atoms with van der Waals surface area (Å²) in [7, 11) is 0. The van der Waals surface area contributed by atoms with Crippen LogP contribution in [-0.4, -0.2) is 21.8 Å². The first-order valence-corrected chi connectivity index (χ1v) is 9.58. The lowest BCUT2D eigenvalue weighted by Gasteiger charge is -2.36. The van der Waals surface area contributed by atoms with E-state index in [9.17, 15) is 18.4 Å². The molecule has 0 bridgehead atoms. The van der Waals surface area contributed by atoms with Crippen LogP contribution in [0.4, 0.5) is 8.78 Å². The normalized spacial score (nSPS) is 21.2. The van der Waals surface area contributed by atoms with Crippen LogP contribution in [0.5, 0.6) is 0 Å². The number of fused-ring (bicyclic) bond motifs is 1. The minimum absolute atomic E-state index is 0.0561. The van der Waals surface area contributed by atoms with Gasteiger partial charge in [0.05, 0.1) is 10.9 Å². The molecule has 1 fully saturated rings. The number of alkyl halides is 2. The zero-order valence-electron chi connectivity index (χ0n) is 15.3. The highest BCUT2D eigenvalue weighted by Gasteiger charge is 2.43. The van der Waals surface area contributed by atoms with Gasteiger partial charge in [-0.15, -0.1) is 0 Å². The van der Waals surface area contributed by atoms with E-state index in [0.29, 0.717) is 16.2 Å². The van der Waals surface area contributed by atoms with Gasteiger partial charge < -0.3 is 10.7 Å². The molecule has 2 aromatic heterocycles. The second kappa shape index (κ2) is 7.22. The highest BCUT2D eigenvalue weighted by molar-refractivity contribution is 6.31. The fraction of sp³-hybridized carbons (Fsp3) is 0.286. The highest BCUT2D eigenvalue weighted by atomic mass is 35.5. The number of amides is 1. The van der Waals surface area contributed by atoms with Gasteiger partial charge in [0.15, 0.2) is 5.43 Å². The molecule has 2 atom stereocenters. The van der Waals surface area contributed by atoms with Crippen molar-refractivity contribution in [3.8, 4) is 0 Å². The molecule has 1 amide bonds. The van der Waals surface area contributed by atoms with Crippen LogP contribution < -0.4 is 11.2 Å². The summed E-state index contributed by atoms with van der Waals surface area (Å²) in [5.41, 5.74) is 6.18. The van der Waals surface area contributed by atoms with E-state index in [1.165, 1.54) is 18.3 Å². The molecule has 1 aliphatic carbocycles. The van der Waals surface area contributed by atoms with Gasteiger partial charge in [-0.3, -0.25) is 14.6 Å². The monoisotopic (exact) mass is 417 g/mol. The summed E-state index contributed by atoms with van der Waals surface area (Å²) in [6.07, 6.45) is 0.943. The summed E-state index contributed by atoms with van der Waals surface area (Å²) in [5, 5.41) is 0.566. The molecule has 4 rings (SSSR count). The number of nitrogens with two attached hydrogens (primary N) is 1. The molecule has 1 saturated carbocycles. The fourth-order valence-electron chi connectivity index (χ4n) is 4.22. The Morgan fingerprint density at radius 2 is 2.00 bits per heavy atom. The molecular weight excluding hydrogens is 400 g/mol. The van der Waals surface area contributed by atoms with E-state index in [-0.39, 0.29) is 29.8 Å². The molecule has 0 spiro atoms. The predicted molar refractivity (Wildman–Crippen MR) is 107 cm³/mol. The van der Waals surface area contributed by atoms with E-state index >= 15 is 0 Å². The standard InChI is InChI=1S/C21H18ClF2N3O2/c22-14-4-2-1-3-12(14)11-5-7-21(23,24)10-13(11)16-9-17(28)18-15(27-16)6-8-26-19(18)20(25)29/h1-4,6,8-9,11,13H,5,7,10H2,(H2,25,29)(H,27,28)/t11-,13+/m0/s1. The molecule has 3 N–H and O–H groups in total. The molecule has 0 radical (unpaired) electrons. The predicted octanol–water partition coefficient (Wildman–Crippen LogP) is 4.36. The number of nitrogens with one attached hydrogen (secondary N) is 1. The number of benzene rings is 1. The molecule has 150 valence electrons. The van der Waals surface area contributed by atoms with Crippen molar-refractivity contribution in [2.45, 2.75) is 37.0 Å². The number of carbonyl (C=O) groups excluding carboxylic acids is 1. The lowest BCUT2D eigenvalue weighted by molar-refractivity contribution is -0.0464. The van der Waals surface area contributed by atoms with Gasteiger partial charge in [-0.1, -0.05) is 29.8 Å². The van der Waals surface area contributed by atoms with Gasteiger partial charge in [-0.25, -0.2) is 8.78 Å². The molecule has 29 heavy (non-hydrogen) atoms. The van der Waals surface area contributed by atoms with Crippen molar-refractivity contribution in [3.05, 3.63) is 74.8 Å². The number of carbonyl (C=O) groups is 1. The van der Waals surface area contributed by atoms with Crippen molar-refractivity contribution in [1.29, 1.82) is 0 Å². The summed E-state index contributed by atoms with van der Waals surface area (Å²) in [4.78, 5) is 31.3. The topological polar surface area (TPSA) is 88.8 Å². The van der Waals surface area contributed by atoms with Crippen molar-refractivity contribution in [2.24, 2.45) is 5.73 Å². The van der Waals surface area contributed by atoms with E-state index < -0.39 is 29.6 Å². The van der Waals surface area contributed by atoms with Gasteiger partial charge in [0.1, 0.15) is 5.69 Å². The van der Waals surface area contributed by atoms with Crippen LogP contribution >= 0.6 is 11.6 Å². The van der Waals surface area contributed by atoms with Crippen LogP contribution in [0.2, 0.25) is 5.02 Å². The van der Waals surface area contributed by atoms with Crippen LogP contribution in [-0.2, 0) is 0 Å². The van der Waals surface area contributed by atoms with Crippen molar-refractivity contribution < 1.29 is 13.6 Å². The second-order valence-electron chi connectivity index (χ2n) is 7.37. The summed E-state index contributed by atoms with van der Waals surface area (Å²) < 4.78 is 28.6. The Bertz CT molecular complexity index is 1160. The molecule has 0 aliphatic heterocycles. The largest absolute Gasteiger partial charge is 0.364 e. The van der Waals surface area contributed by atoms with Crippen LogP contribution in [0.1, 0.15) is 52.8 Å². The molecule has 2 heterocycles. The zero-order chi connectivity index (χ0) is 20.8. The number of halogens is 3. The van der Waals surface area contributed by atoms with Gasteiger partial charge in [0, 0.05) is 41.7 Å². The summed E-state index contributed by atoms with van der Waals surface area (Å²) >= 11 is 6.34. The Hall–Kier alpha value is -2.80. The average Bonchev–Trinajstić information content (AvgIpc) is 2.67. The number of pyridine rings is 2. The molecule has 0 unspecified atom stereocenters. The minimum Gasteiger partial charge on any atom is -0.364 e. The number of hydrogen-bond donors (Lipinski definition) is 2. The second-order valence-corrected chi connectivity index (χ2v) is 7.78. The Labute approximate surface area is 169 Å². The molecule has 5 nitrogen and oxygen atoms in total. The maximum absolute atomic E-state index is 14.3. The van der Waals surface area contributed by atoms with Crippen LogP contribution in [0.15, 0.2) is 47.4 Å². The minimum atomic E-state index is -2.84. The van der Waals surface area contributed by atoms with Crippen molar-refractivity contribution in [2.75, 3.05) is 0 Å². The van der Waals surface area contributed by atoms with Crippen molar-refractivity contribution in [3.63, 3.8) is 0 Å². The lowest BCUT2D eigenvalue weighted by Crippen LogP contribution is -2.31. The molecule has 3 aromatic rings. The van der Waals surface area contributed by atoms with Gasteiger partial charge in [-0.05, 0) is 30.0 Å². The van der Waals surface area contributed by atoms with E-state index in [1.54, 1.807) is 12.1 Å². The van der Waals surface area contributed by atoms with Crippen LogP contribution in [0.25, 0.3) is 10.9 Å². The first kappa shape index (κ1) is 19.5. The van der Waals surface area contributed by atoms with Crippen LogP contribution in [0.3, 0.4) is 0 Å². The Morgan fingerprint density at radius 3 is 2.72 bits per heavy atom. The lowest BCUT2D eigenvalue weighted by atomic mass is 9.72. The molecule has 8 heteroatoms. The van der Waals surface area contributed by atoms with E-state index in [0.717, 1.165) is 5.56 Å². The quantitative estimate of drug-likeness (QED) is 0.663. The maximum Gasteiger partial charge on any atom is 0.268 e. The highest BCUT2D eigenvalue weighted by Crippen LogP contribution is 2.50. The van der Waals surface area contributed by atoms with Gasteiger partial charge in [-0.2, -0.15) is 0 Å².